The topological polar surface area (TPSA) is 24.0 Å². The summed E-state index contributed by atoms with van der Waals surface area (Å²) in [6, 6.07) is 8.29. The van der Waals surface area contributed by atoms with E-state index in [1.165, 1.54) is 24.8 Å². The predicted molar refractivity (Wildman–Crippen MR) is 68.9 cm³/mol. The Morgan fingerprint density at radius 3 is 2.62 bits per heavy atom. The Morgan fingerprint density at radius 2 is 1.81 bits per heavy atom. The Morgan fingerprint density at radius 1 is 1.06 bits per heavy atom. The summed E-state index contributed by atoms with van der Waals surface area (Å²) in [5, 5.41) is 2.35. The maximum atomic E-state index is 5.40. The SMILES string of the molecule is S=c1[nH]c2ccccc2n1N1CCCCC1. The van der Waals surface area contributed by atoms with Gasteiger partial charge in [0, 0.05) is 13.1 Å². The third kappa shape index (κ3) is 1.53. The van der Waals surface area contributed by atoms with E-state index < -0.39 is 0 Å². The number of aromatic nitrogens is 2. The van der Waals surface area contributed by atoms with Gasteiger partial charge in [-0.25, -0.2) is 4.68 Å². The standard InChI is InChI=1S/C12H15N3S/c16-12-13-10-6-2-3-7-11(10)15(12)14-8-4-1-5-9-14/h2-3,6-7H,1,4-5,8-9H2,(H,13,16). The first-order valence-electron chi connectivity index (χ1n) is 5.81. The first-order valence-corrected chi connectivity index (χ1v) is 6.22. The van der Waals surface area contributed by atoms with Gasteiger partial charge in [-0.05, 0) is 43.6 Å². The van der Waals surface area contributed by atoms with Crippen molar-refractivity contribution in [1.29, 1.82) is 0 Å². The number of hydrogen-bond acceptors (Lipinski definition) is 2. The van der Waals surface area contributed by atoms with Gasteiger partial charge in [0.1, 0.15) is 0 Å². The van der Waals surface area contributed by atoms with E-state index in [0.29, 0.717) is 0 Å². The van der Waals surface area contributed by atoms with Crippen molar-refractivity contribution in [2.24, 2.45) is 0 Å². The molecule has 1 aromatic carbocycles. The van der Waals surface area contributed by atoms with E-state index in [-0.39, 0.29) is 0 Å². The molecule has 1 aromatic heterocycles. The number of nitrogens with zero attached hydrogens (tertiary/aromatic N) is 2. The van der Waals surface area contributed by atoms with E-state index in [2.05, 4.69) is 32.9 Å². The van der Waals surface area contributed by atoms with Gasteiger partial charge in [0.25, 0.3) is 0 Å². The maximum absolute atomic E-state index is 5.40. The molecule has 0 aliphatic carbocycles. The zero-order valence-corrected chi connectivity index (χ0v) is 9.96. The fraction of sp³-hybridized carbons (Fsp3) is 0.417. The summed E-state index contributed by atoms with van der Waals surface area (Å²) in [5.41, 5.74) is 2.31. The van der Waals surface area contributed by atoms with Crippen LogP contribution in [0.2, 0.25) is 0 Å². The molecular weight excluding hydrogens is 218 g/mol. The molecule has 1 fully saturated rings. The van der Waals surface area contributed by atoms with Gasteiger partial charge < -0.3 is 9.99 Å². The average molecular weight is 233 g/mol. The summed E-state index contributed by atoms with van der Waals surface area (Å²) in [6.45, 7) is 2.21. The normalized spacial score (nSPS) is 16.9. The predicted octanol–water partition coefficient (Wildman–Crippen LogP) is 2.82. The lowest BCUT2D eigenvalue weighted by molar-refractivity contribution is 0.483. The van der Waals surface area contributed by atoms with Crippen molar-refractivity contribution in [2.45, 2.75) is 19.3 Å². The summed E-state index contributed by atoms with van der Waals surface area (Å²) in [6.07, 6.45) is 3.87. The zero-order valence-electron chi connectivity index (χ0n) is 9.15. The first kappa shape index (κ1) is 9.90. The van der Waals surface area contributed by atoms with Crippen LogP contribution < -0.4 is 5.01 Å². The fourth-order valence-corrected chi connectivity index (χ4v) is 2.72. The molecule has 84 valence electrons. The molecule has 2 heterocycles. The monoisotopic (exact) mass is 233 g/mol. The zero-order chi connectivity index (χ0) is 11.0. The maximum Gasteiger partial charge on any atom is 0.197 e. The van der Waals surface area contributed by atoms with Gasteiger partial charge >= 0.3 is 0 Å². The van der Waals surface area contributed by atoms with Gasteiger partial charge in [0.05, 0.1) is 11.0 Å². The molecule has 0 unspecified atom stereocenters. The van der Waals surface area contributed by atoms with Crippen molar-refractivity contribution in [3.63, 3.8) is 0 Å². The third-order valence-electron chi connectivity index (χ3n) is 3.18. The van der Waals surface area contributed by atoms with Gasteiger partial charge in [-0.15, -0.1) is 0 Å². The highest BCUT2D eigenvalue weighted by molar-refractivity contribution is 7.71. The van der Waals surface area contributed by atoms with E-state index in [0.717, 1.165) is 23.4 Å². The van der Waals surface area contributed by atoms with Crippen LogP contribution in [0.1, 0.15) is 19.3 Å². The number of rotatable bonds is 1. The lowest BCUT2D eigenvalue weighted by Gasteiger charge is -2.29. The second-order valence-electron chi connectivity index (χ2n) is 4.27. The van der Waals surface area contributed by atoms with Crippen LogP contribution in [0.25, 0.3) is 11.0 Å². The molecule has 0 spiro atoms. The molecule has 0 bridgehead atoms. The number of para-hydroxylation sites is 2. The molecule has 1 aliphatic heterocycles. The van der Waals surface area contributed by atoms with Crippen molar-refractivity contribution in [2.75, 3.05) is 18.1 Å². The minimum absolute atomic E-state index is 0.808. The van der Waals surface area contributed by atoms with Crippen LogP contribution in [0.15, 0.2) is 24.3 Å². The smallest absolute Gasteiger partial charge is 0.197 e. The summed E-state index contributed by atoms with van der Waals surface area (Å²) in [5.74, 6) is 0. The van der Waals surface area contributed by atoms with Crippen molar-refractivity contribution in [3.05, 3.63) is 29.0 Å². The Balaban J connectivity index is 2.14. The fourth-order valence-electron chi connectivity index (χ4n) is 2.40. The van der Waals surface area contributed by atoms with E-state index in [4.69, 9.17) is 12.2 Å². The molecule has 1 aliphatic rings. The van der Waals surface area contributed by atoms with Crippen molar-refractivity contribution >= 4 is 23.3 Å². The van der Waals surface area contributed by atoms with Crippen LogP contribution in [0.4, 0.5) is 0 Å². The molecular formula is C12H15N3S. The van der Waals surface area contributed by atoms with Gasteiger partial charge in [-0.2, -0.15) is 0 Å². The molecule has 0 radical (unpaired) electrons. The van der Waals surface area contributed by atoms with Crippen LogP contribution in [0.5, 0.6) is 0 Å². The second-order valence-corrected chi connectivity index (χ2v) is 4.66. The van der Waals surface area contributed by atoms with Crippen LogP contribution in [-0.4, -0.2) is 22.7 Å². The van der Waals surface area contributed by atoms with Crippen molar-refractivity contribution in [3.8, 4) is 0 Å². The molecule has 3 rings (SSSR count). The molecule has 3 nitrogen and oxygen atoms in total. The molecule has 4 heteroatoms. The number of aromatic amines is 1. The Labute approximate surface area is 99.7 Å². The van der Waals surface area contributed by atoms with E-state index in [9.17, 15) is 0 Å². The molecule has 1 saturated heterocycles. The number of nitrogens with one attached hydrogen (secondary N) is 1. The molecule has 0 atom stereocenters. The average Bonchev–Trinajstić information content (AvgIpc) is 2.66. The first-order chi connectivity index (χ1) is 7.86. The molecule has 1 N–H and O–H groups in total. The van der Waals surface area contributed by atoms with Gasteiger partial charge in [-0.3, -0.25) is 0 Å². The van der Waals surface area contributed by atoms with Gasteiger partial charge in [0.15, 0.2) is 4.77 Å². The van der Waals surface area contributed by atoms with Gasteiger partial charge in [-0.1, -0.05) is 12.1 Å². The summed E-state index contributed by atoms with van der Waals surface area (Å²) in [4.78, 5) is 3.26. The summed E-state index contributed by atoms with van der Waals surface area (Å²) < 4.78 is 2.97. The minimum Gasteiger partial charge on any atom is -0.329 e. The lowest BCUT2D eigenvalue weighted by atomic mass is 10.2. The van der Waals surface area contributed by atoms with Crippen LogP contribution in [0, 0.1) is 4.77 Å². The minimum atomic E-state index is 0.808. The quantitative estimate of drug-likeness (QED) is 0.766. The number of piperidine rings is 1. The van der Waals surface area contributed by atoms with E-state index in [1.54, 1.807) is 0 Å². The van der Waals surface area contributed by atoms with E-state index >= 15 is 0 Å². The second kappa shape index (κ2) is 3.94. The number of imidazole rings is 1. The lowest BCUT2D eigenvalue weighted by Crippen LogP contribution is -2.39. The molecule has 16 heavy (non-hydrogen) atoms. The third-order valence-corrected chi connectivity index (χ3v) is 3.46. The molecule has 0 amide bonds. The summed E-state index contributed by atoms with van der Waals surface area (Å²) >= 11 is 5.40. The van der Waals surface area contributed by atoms with Crippen molar-refractivity contribution in [1.82, 2.24) is 9.66 Å². The Kier molecular flexibility index (Phi) is 2.44. The highest BCUT2D eigenvalue weighted by Gasteiger charge is 2.13. The molecule has 0 saturated carbocycles. The van der Waals surface area contributed by atoms with Crippen molar-refractivity contribution < 1.29 is 0 Å². The van der Waals surface area contributed by atoms with E-state index in [1.807, 2.05) is 6.07 Å². The number of hydrogen-bond donors (Lipinski definition) is 1. The van der Waals surface area contributed by atoms with Crippen LogP contribution in [-0.2, 0) is 0 Å². The number of fused-ring (bicyclic) bond motifs is 1. The summed E-state index contributed by atoms with van der Waals surface area (Å²) in [7, 11) is 0. The highest BCUT2D eigenvalue weighted by Crippen LogP contribution is 2.16. The Hall–Kier alpha value is -1.29. The largest absolute Gasteiger partial charge is 0.329 e. The van der Waals surface area contributed by atoms with Gasteiger partial charge in [0.2, 0.25) is 0 Å². The Bertz CT molecular complexity index is 549. The number of H-pyrrole nitrogens is 1. The van der Waals surface area contributed by atoms with Crippen LogP contribution >= 0.6 is 12.2 Å². The van der Waals surface area contributed by atoms with Crippen LogP contribution in [0.3, 0.4) is 0 Å². The highest BCUT2D eigenvalue weighted by atomic mass is 32.1. The molecule has 2 aromatic rings. The number of benzene rings is 1.